The van der Waals surface area contributed by atoms with Crippen molar-refractivity contribution in [3.05, 3.63) is 40.6 Å². The van der Waals surface area contributed by atoms with Gasteiger partial charge in [0.25, 0.3) is 5.91 Å². The van der Waals surface area contributed by atoms with E-state index >= 15 is 0 Å². The molecule has 1 amide bonds. The topological polar surface area (TPSA) is 68.2 Å². The molecule has 1 aromatic heterocycles. The third-order valence-corrected chi connectivity index (χ3v) is 4.82. The molecule has 1 aliphatic heterocycles. The van der Waals surface area contributed by atoms with Crippen LogP contribution in [0.5, 0.6) is 5.75 Å². The highest BCUT2D eigenvalue weighted by Crippen LogP contribution is 2.36. The Morgan fingerprint density at radius 1 is 1.32 bits per heavy atom. The van der Waals surface area contributed by atoms with Gasteiger partial charge in [-0.2, -0.15) is 5.10 Å². The number of nitrogens with zero attached hydrogens (tertiary/aromatic N) is 2. The fraction of sp³-hybridized carbons (Fsp3) is 0.375. The molecule has 3 rings (SSSR count). The third-order valence-electron chi connectivity index (χ3n) is 4.26. The van der Waals surface area contributed by atoms with Crippen molar-refractivity contribution in [1.29, 1.82) is 0 Å². The molecule has 2 aromatic rings. The lowest BCUT2D eigenvalue weighted by atomic mass is 9.87. The Bertz CT molecular complexity index is 708. The van der Waals surface area contributed by atoms with Crippen molar-refractivity contribution in [2.75, 3.05) is 25.5 Å². The van der Waals surface area contributed by atoms with E-state index in [2.05, 4.69) is 15.7 Å². The summed E-state index contributed by atoms with van der Waals surface area (Å²) in [6.45, 7) is 1.49. The number of anilines is 1. The quantitative estimate of drug-likeness (QED) is 0.818. The Balaban J connectivity index is 0.00000225. The summed E-state index contributed by atoms with van der Waals surface area (Å²) < 4.78 is 6.86. The molecule has 0 saturated carbocycles. The smallest absolute Gasteiger partial charge is 0.252 e. The number of carbonyl (C=O) groups excluding carboxylic acids is 1. The lowest BCUT2D eigenvalue weighted by Crippen LogP contribution is -2.52. The van der Waals surface area contributed by atoms with Gasteiger partial charge < -0.3 is 15.4 Å². The zero-order valence-electron chi connectivity index (χ0n) is 13.6. The normalized spacial score (nSPS) is 16.0. The first-order valence-corrected chi connectivity index (χ1v) is 8.38. The van der Waals surface area contributed by atoms with Gasteiger partial charge in [-0.25, -0.2) is 0 Å². The van der Waals surface area contributed by atoms with Crippen LogP contribution in [-0.2, 0) is 10.3 Å². The lowest BCUT2D eigenvalue weighted by Gasteiger charge is -2.36. The van der Waals surface area contributed by atoms with E-state index in [1.54, 1.807) is 23.0 Å². The van der Waals surface area contributed by atoms with Crippen LogP contribution in [-0.4, -0.2) is 35.9 Å². The molecular weight excluding hydrogens is 387 g/mol. The zero-order chi connectivity index (χ0) is 17.2. The number of nitrogens with one attached hydrogen (secondary N) is 2. The largest absolute Gasteiger partial charge is 0.494 e. The maximum absolute atomic E-state index is 13.0. The van der Waals surface area contributed by atoms with Crippen molar-refractivity contribution in [2.45, 2.75) is 18.4 Å². The van der Waals surface area contributed by atoms with E-state index < -0.39 is 5.54 Å². The minimum Gasteiger partial charge on any atom is -0.494 e. The zero-order valence-corrected chi connectivity index (χ0v) is 15.9. The number of hydrogen-bond donors (Lipinski definition) is 2. The highest BCUT2D eigenvalue weighted by atomic mass is 35.5. The highest BCUT2D eigenvalue weighted by molar-refractivity contribution is 6.37. The Morgan fingerprint density at radius 2 is 1.96 bits per heavy atom. The van der Waals surface area contributed by atoms with E-state index in [9.17, 15) is 4.79 Å². The first kappa shape index (κ1) is 19.8. The third kappa shape index (κ3) is 3.87. The van der Waals surface area contributed by atoms with Crippen LogP contribution in [0.3, 0.4) is 0 Å². The molecule has 0 spiro atoms. The average Bonchev–Trinajstić information content (AvgIpc) is 3.10. The minimum absolute atomic E-state index is 0. The second-order valence-corrected chi connectivity index (χ2v) is 6.47. The van der Waals surface area contributed by atoms with Gasteiger partial charge in [0.15, 0.2) is 5.75 Å². The monoisotopic (exact) mass is 404 g/mol. The summed E-state index contributed by atoms with van der Waals surface area (Å²) in [5.74, 6) is 0.255. The summed E-state index contributed by atoms with van der Waals surface area (Å²) in [7, 11) is 1.49. The van der Waals surface area contributed by atoms with Crippen LogP contribution >= 0.6 is 35.6 Å². The molecule has 6 nitrogen and oxygen atoms in total. The Hall–Kier alpha value is -1.47. The van der Waals surface area contributed by atoms with Crippen molar-refractivity contribution in [2.24, 2.45) is 0 Å². The fourth-order valence-electron chi connectivity index (χ4n) is 3.00. The molecule has 0 bridgehead atoms. The number of ether oxygens (including phenoxy) is 1. The molecular formula is C16H19Cl3N4O2. The average molecular weight is 406 g/mol. The van der Waals surface area contributed by atoms with Crippen LogP contribution in [0.2, 0.25) is 10.0 Å². The number of rotatable bonds is 4. The summed E-state index contributed by atoms with van der Waals surface area (Å²) in [4.78, 5) is 13.0. The van der Waals surface area contributed by atoms with Crippen LogP contribution in [0.15, 0.2) is 30.6 Å². The SMILES string of the molecule is COc1c(Cl)cc(NC(=O)C2(n3cccn3)CCNCC2)cc1Cl.Cl. The number of methoxy groups -OCH3 is 1. The molecule has 0 aliphatic carbocycles. The summed E-state index contributed by atoms with van der Waals surface area (Å²) in [6, 6.07) is 5.07. The highest BCUT2D eigenvalue weighted by Gasteiger charge is 2.42. The van der Waals surface area contributed by atoms with Gasteiger partial charge in [0.1, 0.15) is 5.54 Å². The number of halogens is 3. The van der Waals surface area contributed by atoms with Gasteiger partial charge in [-0.15, -0.1) is 12.4 Å². The van der Waals surface area contributed by atoms with Crippen LogP contribution in [0.25, 0.3) is 0 Å². The maximum Gasteiger partial charge on any atom is 0.252 e. The molecule has 0 radical (unpaired) electrons. The number of carbonyl (C=O) groups is 1. The number of amides is 1. The molecule has 0 atom stereocenters. The molecule has 9 heteroatoms. The Labute approximate surface area is 162 Å². The molecule has 2 heterocycles. The molecule has 2 N–H and O–H groups in total. The molecule has 1 aromatic carbocycles. The first-order valence-electron chi connectivity index (χ1n) is 7.62. The van der Waals surface area contributed by atoms with Crippen molar-refractivity contribution in [3.63, 3.8) is 0 Å². The van der Waals surface area contributed by atoms with Gasteiger partial charge in [0, 0.05) is 18.1 Å². The number of hydrogen-bond acceptors (Lipinski definition) is 4. The van der Waals surface area contributed by atoms with E-state index in [1.165, 1.54) is 7.11 Å². The second-order valence-electron chi connectivity index (χ2n) is 5.66. The molecule has 136 valence electrons. The van der Waals surface area contributed by atoms with E-state index in [1.807, 2.05) is 12.3 Å². The summed E-state index contributed by atoms with van der Waals surface area (Å²) in [5.41, 5.74) is -0.200. The summed E-state index contributed by atoms with van der Waals surface area (Å²) >= 11 is 12.3. The molecule has 0 unspecified atom stereocenters. The Morgan fingerprint density at radius 3 is 2.48 bits per heavy atom. The van der Waals surface area contributed by atoms with Gasteiger partial charge in [-0.05, 0) is 44.1 Å². The minimum atomic E-state index is -0.729. The Kier molecular flexibility index (Phi) is 6.57. The van der Waals surface area contributed by atoms with Gasteiger partial charge in [-0.1, -0.05) is 23.2 Å². The molecule has 1 saturated heterocycles. The maximum atomic E-state index is 13.0. The fourth-order valence-corrected chi connectivity index (χ4v) is 3.64. The number of benzene rings is 1. The van der Waals surface area contributed by atoms with Gasteiger partial charge >= 0.3 is 0 Å². The van der Waals surface area contributed by atoms with E-state index in [-0.39, 0.29) is 18.3 Å². The van der Waals surface area contributed by atoms with Crippen LogP contribution in [0.4, 0.5) is 5.69 Å². The standard InChI is InChI=1S/C16H18Cl2N4O2.ClH/c1-24-14-12(17)9-11(10-13(14)18)21-15(23)16(3-6-19-7-4-16)22-8-2-5-20-22;/h2,5,8-10,19H,3-4,6-7H2,1H3,(H,21,23);1H. The number of piperidine rings is 1. The van der Waals surface area contributed by atoms with Gasteiger partial charge in [-0.3, -0.25) is 9.48 Å². The van der Waals surface area contributed by atoms with Crippen LogP contribution in [0, 0.1) is 0 Å². The van der Waals surface area contributed by atoms with E-state index in [0.29, 0.717) is 34.3 Å². The van der Waals surface area contributed by atoms with Gasteiger partial charge in [0.05, 0.1) is 17.2 Å². The second kappa shape index (κ2) is 8.27. The summed E-state index contributed by atoms with van der Waals surface area (Å²) in [5, 5.41) is 11.2. The van der Waals surface area contributed by atoms with Crippen molar-refractivity contribution < 1.29 is 9.53 Å². The molecule has 1 fully saturated rings. The number of aromatic nitrogens is 2. The summed E-state index contributed by atoms with van der Waals surface area (Å²) in [6.07, 6.45) is 4.80. The predicted molar refractivity (Wildman–Crippen MR) is 101 cm³/mol. The van der Waals surface area contributed by atoms with Crippen molar-refractivity contribution >= 4 is 47.2 Å². The molecule has 25 heavy (non-hydrogen) atoms. The lowest BCUT2D eigenvalue weighted by molar-refractivity contribution is -0.126. The van der Waals surface area contributed by atoms with Crippen LogP contribution < -0.4 is 15.4 Å². The van der Waals surface area contributed by atoms with Crippen molar-refractivity contribution in [3.8, 4) is 5.75 Å². The predicted octanol–water partition coefficient (Wildman–Crippen LogP) is 3.34. The van der Waals surface area contributed by atoms with E-state index in [4.69, 9.17) is 27.9 Å². The van der Waals surface area contributed by atoms with Crippen molar-refractivity contribution in [1.82, 2.24) is 15.1 Å². The first-order chi connectivity index (χ1) is 11.6. The van der Waals surface area contributed by atoms with Gasteiger partial charge in [0.2, 0.25) is 0 Å². The molecule has 1 aliphatic rings. The van der Waals surface area contributed by atoms with E-state index in [0.717, 1.165) is 13.1 Å². The van der Waals surface area contributed by atoms with Crippen LogP contribution in [0.1, 0.15) is 12.8 Å².